The minimum absolute atomic E-state index is 0.0493. The van der Waals surface area contributed by atoms with Crippen LogP contribution < -0.4 is 0 Å². The third-order valence-corrected chi connectivity index (χ3v) is 2.45. The molecule has 0 bridgehead atoms. The van der Waals surface area contributed by atoms with E-state index in [-0.39, 0.29) is 18.0 Å². The van der Waals surface area contributed by atoms with Crippen molar-refractivity contribution in [3.63, 3.8) is 0 Å². The standard InChI is InChI=1S/C14H12FNO/c1-10-5-12(9-16-8-10)14(17)7-11-3-2-4-13(15)6-11/h2-6,8-9H,7H2,1H3. The number of benzene rings is 1. The first-order valence-electron chi connectivity index (χ1n) is 5.34. The molecule has 0 saturated heterocycles. The topological polar surface area (TPSA) is 30.0 Å². The minimum Gasteiger partial charge on any atom is -0.294 e. The third-order valence-electron chi connectivity index (χ3n) is 2.45. The SMILES string of the molecule is Cc1cncc(C(=O)Cc2cccc(F)c2)c1. The molecule has 0 amide bonds. The highest BCUT2D eigenvalue weighted by Crippen LogP contribution is 2.09. The summed E-state index contributed by atoms with van der Waals surface area (Å²) in [7, 11) is 0. The summed E-state index contributed by atoms with van der Waals surface area (Å²) >= 11 is 0. The van der Waals surface area contributed by atoms with Gasteiger partial charge in [-0.15, -0.1) is 0 Å². The van der Waals surface area contributed by atoms with Gasteiger partial charge in [-0.3, -0.25) is 9.78 Å². The highest BCUT2D eigenvalue weighted by molar-refractivity contribution is 5.97. The Hall–Kier alpha value is -2.03. The fourth-order valence-corrected chi connectivity index (χ4v) is 1.64. The Bertz CT molecular complexity index is 551. The van der Waals surface area contributed by atoms with Crippen molar-refractivity contribution in [3.8, 4) is 0 Å². The number of rotatable bonds is 3. The molecule has 0 fully saturated rings. The molecule has 17 heavy (non-hydrogen) atoms. The van der Waals surface area contributed by atoms with Crippen LogP contribution in [0.1, 0.15) is 21.5 Å². The highest BCUT2D eigenvalue weighted by atomic mass is 19.1. The molecule has 0 saturated carbocycles. The number of carbonyl (C=O) groups excluding carboxylic acids is 1. The fourth-order valence-electron chi connectivity index (χ4n) is 1.64. The molecule has 0 N–H and O–H groups in total. The number of hydrogen-bond donors (Lipinski definition) is 0. The second-order valence-electron chi connectivity index (χ2n) is 3.98. The Morgan fingerprint density at radius 3 is 2.82 bits per heavy atom. The molecule has 3 heteroatoms. The Labute approximate surface area is 99.1 Å². The first-order chi connectivity index (χ1) is 8.15. The van der Waals surface area contributed by atoms with Gasteiger partial charge in [0.15, 0.2) is 5.78 Å². The maximum atomic E-state index is 13.0. The van der Waals surface area contributed by atoms with Crippen molar-refractivity contribution in [3.05, 3.63) is 65.2 Å². The number of halogens is 1. The van der Waals surface area contributed by atoms with Gasteiger partial charge in [-0.2, -0.15) is 0 Å². The molecule has 2 nitrogen and oxygen atoms in total. The molecule has 86 valence electrons. The number of carbonyl (C=O) groups is 1. The predicted octanol–water partition coefficient (Wildman–Crippen LogP) is 2.95. The van der Waals surface area contributed by atoms with Gasteiger partial charge < -0.3 is 0 Å². The molecular formula is C14H12FNO. The summed E-state index contributed by atoms with van der Waals surface area (Å²) in [6, 6.07) is 7.87. The lowest BCUT2D eigenvalue weighted by Gasteiger charge is -2.02. The molecule has 0 spiro atoms. The minimum atomic E-state index is -0.322. The lowest BCUT2D eigenvalue weighted by atomic mass is 10.0. The van der Waals surface area contributed by atoms with Crippen LogP contribution in [0.2, 0.25) is 0 Å². The van der Waals surface area contributed by atoms with Gasteiger partial charge in [0.2, 0.25) is 0 Å². The summed E-state index contributed by atoms with van der Waals surface area (Å²) < 4.78 is 13.0. The number of ketones is 1. The van der Waals surface area contributed by atoms with Gasteiger partial charge in [0.1, 0.15) is 5.82 Å². The van der Waals surface area contributed by atoms with Gasteiger partial charge in [-0.1, -0.05) is 12.1 Å². The summed E-state index contributed by atoms with van der Waals surface area (Å²) in [5.74, 6) is -0.371. The Morgan fingerprint density at radius 1 is 1.29 bits per heavy atom. The first kappa shape index (κ1) is 11.5. The van der Waals surface area contributed by atoms with Gasteiger partial charge in [-0.25, -0.2) is 4.39 Å². The molecule has 0 aliphatic rings. The number of pyridine rings is 1. The molecule has 0 aliphatic heterocycles. The van der Waals surface area contributed by atoms with Crippen LogP contribution in [0.25, 0.3) is 0 Å². The van der Waals surface area contributed by atoms with Gasteiger partial charge in [0, 0.05) is 24.4 Å². The van der Waals surface area contributed by atoms with E-state index in [1.165, 1.54) is 18.3 Å². The van der Waals surface area contributed by atoms with Crippen molar-refractivity contribution in [2.45, 2.75) is 13.3 Å². The zero-order valence-electron chi connectivity index (χ0n) is 9.48. The van der Waals surface area contributed by atoms with E-state index in [1.54, 1.807) is 24.4 Å². The normalized spacial score (nSPS) is 10.2. The average Bonchev–Trinajstić information content (AvgIpc) is 2.29. The number of nitrogens with zero attached hydrogens (tertiary/aromatic N) is 1. The molecular weight excluding hydrogens is 217 g/mol. The van der Waals surface area contributed by atoms with Crippen molar-refractivity contribution in [1.29, 1.82) is 0 Å². The van der Waals surface area contributed by atoms with Crippen molar-refractivity contribution in [2.75, 3.05) is 0 Å². The third kappa shape index (κ3) is 2.97. The van der Waals surface area contributed by atoms with E-state index in [9.17, 15) is 9.18 Å². The van der Waals surface area contributed by atoms with Crippen LogP contribution in [0.15, 0.2) is 42.7 Å². The smallest absolute Gasteiger partial charge is 0.168 e. The van der Waals surface area contributed by atoms with Gasteiger partial charge in [-0.05, 0) is 36.2 Å². The zero-order chi connectivity index (χ0) is 12.3. The highest BCUT2D eigenvalue weighted by Gasteiger charge is 2.08. The Morgan fingerprint density at radius 2 is 2.12 bits per heavy atom. The van der Waals surface area contributed by atoms with Crippen LogP contribution in [-0.4, -0.2) is 10.8 Å². The van der Waals surface area contributed by atoms with Crippen molar-refractivity contribution < 1.29 is 9.18 Å². The number of Topliss-reactive ketones (excluding diaryl/α,β-unsaturated/α-hetero) is 1. The lowest BCUT2D eigenvalue weighted by Crippen LogP contribution is -2.04. The molecule has 0 aliphatic carbocycles. The van der Waals surface area contributed by atoms with E-state index >= 15 is 0 Å². The number of aromatic nitrogens is 1. The second-order valence-corrected chi connectivity index (χ2v) is 3.98. The molecule has 0 atom stereocenters. The zero-order valence-corrected chi connectivity index (χ0v) is 9.48. The van der Waals surface area contributed by atoms with E-state index in [0.717, 1.165) is 5.56 Å². The summed E-state index contributed by atoms with van der Waals surface area (Å²) in [6.45, 7) is 1.88. The van der Waals surface area contributed by atoms with Gasteiger partial charge >= 0.3 is 0 Å². The molecule has 0 unspecified atom stereocenters. The summed E-state index contributed by atoms with van der Waals surface area (Å²) in [5, 5.41) is 0. The Balaban J connectivity index is 2.17. The van der Waals surface area contributed by atoms with Crippen LogP contribution in [0, 0.1) is 12.7 Å². The lowest BCUT2D eigenvalue weighted by molar-refractivity contribution is 0.0992. The number of hydrogen-bond acceptors (Lipinski definition) is 2. The van der Waals surface area contributed by atoms with Crippen LogP contribution >= 0.6 is 0 Å². The monoisotopic (exact) mass is 229 g/mol. The van der Waals surface area contributed by atoms with E-state index in [4.69, 9.17) is 0 Å². The summed E-state index contributed by atoms with van der Waals surface area (Å²) in [5.41, 5.74) is 2.18. The maximum absolute atomic E-state index is 13.0. The quantitative estimate of drug-likeness (QED) is 0.757. The molecule has 1 aromatic heterocycles. The van der Waals surface area contributed by atoms with Crippen LogP contribution in [-0.2, 0) is 6.42 Å². The Kier molecular flexibility index (Phi) is 3.28. The van der Waals surface area contributed by atoms with Crippen LogP contribution in [0.5, 0.6) is 0 Å². The van der Waals surface area contributed by atoms with Crippen molar-refractivity contribution in [1.82, 2.24) is 4.98 Å². The van der Waals surface area contributed by atoms with Crippen LogP contribution in [0.3, 0.4) is 0 Å². The van der Waals surface area contributed by atoms with Gasteiger partial charge in [0.05, 0.1) is 0 Å². The van der Waals surface area contributed by atoms with E-state index in [0.29, 0.717) is 11.1 Å². The van der Waals surface area contributed by atoms with Crippen molar-refractivity contribution in [2.24, 2.45) is 0 Å². The molecule has 0 radical (unpaired) electrons. The predicted molar refractivity (Wildman–Crippen MR) is 63.4 cm³/mol. The molecule has 1 heterocycles. The second kappa shape index (κ2) is 4.87. The maximum Gasteiger partial charge on any atom is 0.168 e. The first-order valence-corrected chi connectivity index (χ1v) is 5.34. The molecule has 1 aromatic carbocycles. The van der Waals surface area contributed by atoms with E-state index in [1.807, 2.05) is 6.92 Å². The summed E-state index contributed by atoms with van der Waals surface area (Å²) in [4.78, 5) is 15.9. The number of aryl methyl sites for hydroxylation is 1. The van der Waals surface area contributed by atoms with Gasteiger partial charge in [0.25, 0.3) is 0 Å². The fraction of sp³-hybridized carbons (Fsp3) is 0.143. The largest absolute Gasteiger partial charge is 0.294 e. The van der Waals surface area contributed by atoms with Crippen molar-refractivity contribution >= 4 is 5.78 Å². The van der Waals surface area contributed by atoms with E-state index in [2.05, 4.69) is 4.98 Å². The molecule has 2 rings (SSSR count). The molecule has 2 aromatic rings. The van der Waals surface area contributed by atoms with Crippen LogP contribution in [0.4, 0.5) is 4.39 Å². The average molecular weight is 229 g/mol. The summed E-state index contributed by atoms with van der Waals surface area (Å²) in [6.07, 6.45) is 3.43. The van der Waals surface area contributed by atoms with E-state index < -0.39 is 0 Å².